The second kappa shape index (κ2) is 5.77. The Morgan fingerprint density at radius 1 is 1.18 bits per heavy atom. The van der Waals surface area contributed by atoms with Crippen LogP contribution in [0.1, 0.15) is 16.1 Å². The summed E-state index contributed by atoms with van der Waals surface area (Å²) in [5.41, 5.74) is 2.10. The number of nitrogens with one attached hydrogen (secondary N) is 1. The van der Waals surface area contributed by atoms with E-state index in [9.17, 15) is 9.18 Å². The molecule has 1 amide bonds. The lowest BCUT2D eigenvalue weighted by molar-refractivity contribution is 0.102. The van der Waals surface area contributed by atoms with Crippen LogP contribution in [0.15, 0.2) is 54.7 Å². The van der Waals surface area contributed by atoms with Crippen LogP contribution in [0.25, 0.3) is 5.69 Å². The van der Waals surface area contributed by atoms with Crippen LogP contribution in [0.3, 0.4) is 0 Å². The maximum absolute atomic E-state index is 13.2. The highest BCUT2D eigenvalue weighted by Crippen LogP contribution is 2.16. The molecule has 0 saturated carbocycles. The molecule has 0 atom stereocenters. The van der Waals surface area contributed by atoms with Crippen LogP contribution < -0.4 is 5.32 Å². The molecule has 0 aliphatic heterocycles. The lowest BCUT2D eigenvalue weighted by Gasteiger charge is -2.06. The summed E-state index contributed by atoms with van der Waals surface area (Å²) in [6.07, 6.45) is 1.37. The number of nitrogens with zero attached hydrogens (tertiary/aromatic N) is 3. The van der Waals surface area contributed by atoms with Crippen molar-refractivity contribution in [3.63, 3.8) is 0 Å². The first-order valence-corrected chi connectivity index (χ1v) is 6.69. The van der Waals surface area contributed by atoms with Crippen molar-refractivity contribution in [3.8, 4) is 5.69 Å². The molecular formula is C16H13FN4O. The Hall–Kier alpha value is -3.02. The fourth-order valence-electron chi connectivity index (χ4n) is 1.97. The quantitative estimate of drug-likeness (QED) is 0.808. The van der Waals surface area contributed by atoms with Crippen LogP contribution in [-0.4, -0.2) is 20.9 Å². The van der Waals surface area contributed by atoms with Crippen molar-refractivity contribution in [2.24, 2.45) is 0 Å². The van der Waals surface area contributed by atoms with E-state index in [1.165, 1.54) is 23.1 Å². The number of hydrogen-bond donors (Lipinski definition) is 1. The van der Waals surface area contributed by atoms with E-state index in [-0.39, 0.29) is 5.69 Å². The number of aromatic nitrogens is 3. The van der Waals surface area contributed by atoms with Crippen molar-refractivity contribution in [1.29, 1.82) is 0 Å². The zero-order valence-electron chi connectivity index (χ0n) is 11.8. The first-order valence-electron chi connectivity index (χ1n) is 6.69. The minimum atomic E-state index is -0.434. The summed E-state index contributed by atoms with van der Waals surface area (Å²) in [4.78, 5) is 13.5. The molecule has 5 nitrogen and oxygen atoms in total. The highest BCUT2D eigenvalue weighted by molar-refractivity contribution is 6.03. The summed E-state index contributed by atoms with van der Waals surface area (Å²) in [5.74, 6) is -0.843. The Balaban J connectivity index is 1.81. The van der Waals surface area contributed by atoms with Gasteiger partial charge in [0.1, 0.15) is 5.82 Å². The van der Waals surface area contributed by atoms with Crippen molar-refractivity contribution >= 4 is 11.6 Å². The average Bonchev–Trinajstić information content (AvgIpc) is 3.02. The Bertz CT molecular complexity index is 814. The number of benzene rings is 2. The van der Waals surface area contributed by atoms with E-state index in [2.05, 4.69) is 15.5 Å². The highest BCUT2D eigenvalue weighted by atomic mass is 19.1. The maximum Gasteiger partial charge on any atom is 0.277 e. The Kier molecular flexibility index (Phi) is 3.65. The Morgan fingerprint density at radius 2 is 1.95 bits per heavy atom. The topological polar surface area (TPSA) is 59.8 Å². The van der Waals surface area contributed by atoms with E-state index < -0.39 is 11.7 Å². The van der Waals surface area contributed by atoms with Gasteiger partial charge in [0, 0.05) is 5.69 Å². The summed E-state index contributed by atoms with van der Waals surface area (Å²) < 4.78 is 13.2. The molecule has 1 aromatic heterocycles. The van der Waals surface area contributed by atoms with Crippen LogP contribution in [0.4, 0.5) is 10.1 Å². The number of para-hydroxylation sites is 1. The molecule has 110 valence electrons. The van der Waals surface area contributed by atoms with Crippen molar-refractivity contribution in [3.05, 3.63) is 71.8 Å². The molecule has 0 fully saturated rings. The van der Waals surface area contributed by atoms with Gasteiger partial charge >= 0.3 is 0 Å². The van der Waals surface area contributed by atoms with Crippen molar-refractivity contribution < 1.29 is 9.18 Å². The fourth-order valence-corrected chi connectivity index (χ4v) is 1.97. The summed E-state index contributed by atoms with van der Waals surface area (Å²) in [7, 11) is 0. The number of amides is 1. The molecule has 0 spiro atoms. The average molecular weight is 296 g/mol. The standard InChI is InChI=1S/C16H13FN4O/c1-11-7-8-12(17)9-14(11)19-16(22)15-10-18-21(20-15)13-5-3-2-4-6-13/h2-10H,1H3,(H,19,22). The summed E-state index contributed by atoms with van der Waals surface area (Å²) in [6, 6.07) is 13.5. The Labute approximate surface area is 126 Å². The smallest absolute Gasteiger partial charge is 0.277 e. The van der Waals surface area contributed by atoms with E-state index in [4.69, 9.17) is 0 Å². The van der Waals surface area contributed by atoms with Gasteiger partial charge in [0.15, 0.2) is 5.69 Å². The first-order chi connectivity index (χ1) is 10.6. The van der Waals surface area contributed by atoms with Crippen molar-refractivity contribution in [2.75, 3.05) is 5.32 Å². The second-order valence-corrected chi connectivity index (χ2v) is 4.77. The SMILES string of the molecule is Cc1ccc(F)cc1NC(=O)c1cnn(-c2ccccc2)n1. The number of halogens is 1. The number of hydrogen-bond acceptors (Lipinski definition) is 3. The molecule has 22 heavy (non-hydrogen) atoms. The van der Waals surface area contributed by atoms with Crippen LogP contribution in [0, 0.1) is 12.7 Å². The molecule has 2 aromatic carbocycles. The Morgan fingerprint density at radius 3 is 2.73 bits per heavy atom. The third-order valence-corrected chi connectivity index (χ3v) is 3.16. The van der Waals surface area contributed by atoms with E-state index in [0.717, 1.165) is 11.3 Å². The van der Waals surface area contributed by atoms with Gasteiger partial charge in [-0.3, -0.25) is 4.79 Å². The second-order valence-electron chi connectivity index (χ2n) is 4.77. The normalized spacial score (nSPS) is 10.5. The van der Waals surface area contributed by atoms with Gasteiger partial charge in [-0.2, -0.15) is 9.90 Å². The minimum Gasteiger partial charge on any atom is -0.320 e. The number of anilines is 1. The van der Waals surface area contributed by atoms with Gasteiger partial charge in [-0.05, 0) is 36.8 Å². The number of rotatable bonds is 3. The molecule has 0 aliphatic carbocycles. The summed E-state index contributed by atoms with van der Waals surface area (Å²) in [6.45, 7) is 1.79. The summed E-state index contributed by atoms with van der Waals surface area (Å²) in [5, 5.41) is 10.8. The monoisotopic (exact) mass is 296 g/mol. The maximum atomic E-state index is 13.2. The van der Waals surface area contributed by atoms with Gasteiger partial charge in [0.05, 0.1) is 11.9 Å². The lowest BCUT2D eigenvalue weighted by atomic mass is 10.2. The molecule has 0 bridgehead atoms. The zero-order valence-corrected chi connectivity index (χ0v) is 11.8. The number of aryl methyl sites for hydroxylation is 1. The van der Waals surface area contributed by atoms with Gasteiger partial charge in [0.25, 0.3) is 5.91 Å². The third kappa shape index (κ3) is 2.85. The van der Waals surface area contributed by atoms with Crippen molar-refractivity contribution in [2.45, 2.75) is 6.92 Å². The van der Waals surface area contributed by atoms with E-state index in [1.807, 2.05) is 30.3 Å². The van der Waals surface area contributed by atoms with Gasteiger partial charge in [-0.1, -0.05) is 24.3 Å². The lowest BCUT2D eigenvalue weighted by Crippen LogP contribution is -2.14. The largest absolute Gasteiger partial charge is 0.320 e. The number of carbonyl (C=O) groups excluding carboxylic acids is 1. The molecule has 3 rings (SSSR count). The molecule has 6 heteroatoms. The summed E-state index contributed by atoms with van der Waals surface area (Å²) >= 11 is 0. The molecule has 3 aromatic rings. The molecule has 1 N–H and O–H groups in total. The first kappa shape index (κ1) is 13.9. The zero-order chi connectivity index (χ0) is 15.5. The van der Waals surface area contributed by atoms with Gasteiger partial charge in [0.2, 0.25) is 0 Å². The fraction of sp³-hybridized carbons (Fsp3) is 0.0625. The van der Waals surface area contributed by atoms with Crippen LogP contribution in [0.2, 0.25) is 0 Å². The minimum absolute atomic E-state index is 0.160. The van der Waals surface area contributed by atoms with Gasteiger partial charge in [-0.15, -0.1) is 5.10 Å². The number of carbonyl (C=O) groups is 1. The molecule has 0 saturated heterocycles. The highest BCUT2D eigenvalue weighted by Gasteiger charge is 2.13. The van der Waals surface area contributed by atoms with Gasteiger partial charge in [-0.25, -0.2) is 4.39 Å². The molecule has 0 radical (unpaired) electrons. The van der Waals surface area contributed by atoms with E-state index >= 15 is 0 Å². The van der Waals surface area contributed by atoms with Crippen LogP contribution in [-0.2, 0) is 0 Å². The molecular weight excluding hydrogens is 283 g/mol. The van der Waals surface area contributed by atoms with Crippen LogP contribution in [0.5, 0.6) is 0 Å². The van der Waals surface area contributed by atoms with E-state index in [1.54, 1.807) is 13.0 Å². The van der Waals surface area contributed by atoms with Crippen molar-refractivity contribution in [1.82, 2.24) is 15.0 Å². The van der Waals surface area contributed by atoms with Crippen LogP contribution >= 0.6 is 0 Å². The molecule has 0 unspecified atom stereocenters. The van der Waals surface area contributed by atoms with Gasteiger partial charge < -0.3 is 5.32 Å². The molecule has 1 heterocycles. The predicted octanol–water partition coefficient (Wildman–Crippen LogP) is 2.97. The molecule has 0 aliphatic rings. The van der Waals surface area contributed by atoms with E-state index in [0.29, 0.717) is 5.69 Å². The predicted molar refractivity (Wildman–Crippen MR) is 80.4 cm³/mol. The third-order valence-electron chi connectivity index (χ3n) is 3.16.